The van der Waals surface area contributed by atoms with Crippen molar-refractivity contribution in [1.82, 2.24) is 15.2 Å². The largest absolute Gasteiger partial charge is 0.318 e. The van der Waals surface area contributed by atoms with E-state index >= 15 is 0 Å². The molecular formula is C11H9Cl2N3O3. The van der Waals surface area contributed by atoms with Gasteiger partial charge in [-0.05, 0) is 13.0 Å². The first-order chi connectivity index (χ1) is 8.90. The highest BCUT2D eigenvalue weighted by Gasteiger charge is 2.34. The normalized spacial score (nSPS) is 19.3. The smallest absolute Gasteiger partial charge is 0.256 e. The molecule has 3 amide bonds. The van der Waals surface area contributed by atoms with E-state index in [2.05, 4.69) is 10.3 Å². The van der Waals surface area contributed by atoms with Gasteiger partial charge in [0.25, 0.3) is 5.91 Å². The Hall–Kier alpha value is -1.66. The van der Waals surface area contributed by atoms with Gasteiger partial charge < -0.3 is 4.90 Å². The molecule has 1 fully saturated rings. The van der Waals surface area contributed by atoms with Crippen molar-refractivity contribution in [1.29, 1.82) is 0 Å². The van der Waals surface area contributed by atoms with Gasteiger partial charge in [0.2, 0.25) is 11.8 Å². The summed E-state index contributed by atoms with van der Waals surface area (Å²) in [6.45, 7) is 1.34. The van der Waals surface area contributed by atoms with Crippen LogP contribution in [-0.2, 0) is 9.59 Å². The standard InChI is InChI=1S/C11H9Cl2N3O3/c1-5-10(18)15-8(17)4-16(5)11(19)6-2-7(12)9(13)14-3-6/h2-3,5H,4H2,1H3,(H,15,17,18). The van der Waals surface area contributed by atoms with Gasteiger partial charge >= 0.3 is 0 Å². The zero-order valence-electron chi connectivity index (χ0n) is 9.81. The van der Waals surface area contributed by atoms with E-state index in [4.69, 9.17) is 23.2 Å². The van der Waals surface area contributed by atoms with Crippen LogP contribution in [0.4, 0.5) is 0 Å². The second kappa shape index (κ2) is 5.14. The second-order valence-electron chi connectivity index (χ2n) is 4.02. The van der Waals surface area contributed by atoms with Gasteiger partial charge in [0, 0.05) is 6.20 Å². The average molecular weight is 302 g/mol. The van der Waals surface area contributed by atoms with Gasteiger partial charge in [-0.1, -0.05) is 23.2 Å². The number of imide groups is 1. The molecule has 1 saturated heterocycles. The number of carbonyl (C=O) groups is 3. The Morgan fingerprint density at radius 3 is 2.79 bits per heavy atom. The van der Waals surface area contributed by atoms with E-state index in [1.807, 2.05) is 0 Å². The van der Waals surface area contributed by atoms with E-state index in [9.17, 15) is 14.4 Å². The van der Waals surface area contributed by atoms with E-state index in [0.717, 1.165) is 4.90 Å². The van der Waals surface area contributed by atoms with Crippen molar-refractivity contribution in [3.8, 4) is 0 Å². The lowest BCUT2D eigenvalue weighted by molar-refractivity contribution is -0.138. The summed E-state index contributed by atoms with van der Waals surface area (Å²) in [5.74, 6) is -1.54. The average Bonchev–Trinajstić information content (AvgIpc) is 2.36. The van der Waals surface area contributed by atoms with Crippen LogP contribution in [0.15, 0.2) is 12.3 Å². The molecule has 2 heterocycles. The maximum Gasteiger partial charge on any atom is 0.256 e. The van der Waals surface area contributed by atoms with Crippen molar-refractivity contribution in [2.24, 2.45) is 0 Å². The highest BCUT2D eigenvalue weighted by atomic mass is 35.5. The molecule has 0 saturated carbocycles. The number of halogens is 2. The predicted molar refractivity (Wildman–Crippen MR) is 67.9 cm³/mol. The van der Waals surface area contributed by atoms with Crippen molar-refractivity contribution in [2.45, 2.75) is 13.0 Å². The number of hydrogen-bond donors (Lipinski definition) is 1. The molecule has 1 atom stereocenters. The summed E-state index contributed by atoms with van der Waals surface area (Å²) in [4.78, 5) is 39.9. The molecule has 8 heteroatoms. The zero-order chi connectivity index (χ0) is 14.2. The van der Waals surface area contributed by atoms with Gasteiger partial charge in [0.05, 0.1) is 10.6 Å². The zero-order valence-corrected chi connectivity index (χ0v) is 11.3. The Bertz CT molecular complexity index is 576. The number of amides is 3. The van der Waals surface area contributed by atoms with E-state index < -0.39 is 23.8 Å². The minimum absolute atomic E-state index is 0.0822. The molecule has 1 unspecified atom stereocenters. The molecule has 1 aliphatic heterocycles. The maximum atomic E-state index is 12.2. The number of pyridine rings is 1. The van der Waals surface area contributed by atoms with Gasteiger partial charge in [-0.2, -0.15) is 0 Å². The van der Waals surface area contributed by atoms with Crippen LogP contribution in [0.2, 0.25) is 10.2 Å². The third kappa shape index (κ3) is 2.69. The summed E-state index contributed by atoms with van der Waals surface area (Å²) in [5, 5.41) is 2.37. The fraction of sp³-hybridized carbons (Fsp3) is 0.273. The highest BCUT2D eigenvalue weighted by molar-refractivity contribution is 6.41. The number of rotatable bonds is 1. The first-order valence-corrected chi connectivity index (χ1v) is 6.11. The molecule has 1 aliphatic rings. The van der Waals surface area contributed by atoms with Crippen molar-refractivity contribution in [2.75, 3.05) is 6.54 Å². The Morgan fingerprint density at radius 1 is 1.47 bits per heavy atom. The summed E-state index contributed by atoms with van der Waals surface area (Å²) in [5.41, 5.74) is 0.170. The monoisotopic (exact) mass is 301 g/mol. The van der Waals surface area contributed by atoms with Crippen molar-refractivity contribution in [3.63, 3.8) is 0 Å². The quantitative estimate of drug-likeness (QED) is 0.617. The SMILES string of the molecule is CC1C(=O)NC(=O)CN1C(=O)c1cnc(Cl)c(Cl)c1. The topological polar surface area (TPSA) is 79.4 Å². The molecule has 1 aromatic heterocycles. The van der Waals surface area contributed by atoms with Crippen LogP contribution in [0.3, 0.4) is 0 Å². The van der Waals surface area contributed by atoms with Crippen LogP contribution in [0.1, 0.15) is 17.3 Å². The molecule has 6 nitrogen and oxygen atoms in total. The third-order valence-electron chi connectivity index (χ3n) is 2.73. The van der Waals surface area contributed by atoms with Crippen LogP contribution >= 0.6 is 23.2 Å². The van der Waals surface area contributed by atoms with E-state index in [-0.39, 0.29) is 22.3 Å². The summed E-state index contributed by atoms with van der Waals surface area (Å²) < 4.78 is 0. The van der Waals surface area contributed by atoms with Gasteiger partial charge in [0.15, 0.2) is 0 Å². The fourth-order valence-electron chi connectivity index (χ4n) is 1.67. The lowest BCUT2D eigenvalue weighted by atomic mass is 10.1. The molecule has 0 bridgehead atoms. The van der Waals surface area contributed by atoms with Crippen molar-refractivity contribution in [3.05, 3.63) is 28.0 Å². The Labute approximate surface area is 118 Å². The predicted octanol–water partition coefficient (Wildman–Crippen LogP) is 0.875. The number of nitrogens with zero attached hydrogens (tertiary/aromatic N) is 2. The van der Waals surface area contributed by atoms with Crippen molar-refractivity contribution < 1.29 is 14.4 Å². The highest BCUT2D eigenvalue weighted by Crippen LogP contribution is 2.21. The Balaban J connectivity index is 2.29. The van der Waals surface area contributed by atoms with Crippen LogP contribution < -0.4 is 5.32 Å². The van der Waals surface area contributed by atoms with Crippen LogP contribution in [0, 0.1) is 0 Å². The summed E-state index contributed by atoms with van der Waals surface area (Å²) >= 11 is 11.4. The minimum atomic E-state index is -0.736. The first kappa shape index (κ1) is 13.8. The lowest BCUT2D eigenvalue weighted by Gasteiger charge is -2.31. The van der Waals surface area contributed by atoms with Crippen LogP contribution in [0.5, 0.6) is 0 Å². The number of hydrogen-bond acceptors (Lipinski definition) is 4. The maximum absolute atomic E-state index is 12.2. The Morgan fingerprint density at radius 2 is 2.16 bits per heavy atom. The summed E-state index contributed by atoms with van der Waals surface area (Å²) in [6, 6.07) is 0.614. The molecule has 0 spiro atoms. The molecule has 0 aromatic carbocycles. The molecular weight excluding hydrogens is 293 g/mol. The van der Waals surface area contributed by atoms with Crippen LogP contribution in [0.25, 0.3) is 0 Å². The molecule has 2 rings (SSSR count). The molecule has 1 aromatic rings. The van der Waals surface area contributed by atoms with E-state index in [1.54, 1.807) is 0 Å². The molecule has 100 valence electrons. The summed E-state index contributed by atoms with van der Waals surface area (Å²) in [6.07, 6.45) is 1.25. The van der Waals surface area contributed by atoms with Gasteiger partial charge in [-0.15, -0.1) is 0 Å². The van der Waals surface area contributed by atoms with Gasteiger partial charge in [-0.3, -0.25) is 19.7 Å². The van der Waals surface area contributed by atoms with Crippen LogP contribution in [-0.4, -0.2) is 40.2 Å². The van der Waals surface area contributed by atoms with Crippen molar-refractivity contribution >= 4 is 40.9 Å². The minimum Gasteiger partial charge on any atom is -0.318 e. The fourth-order valence-corrected chi connectivity index (χ4v) is 1.94. The molecule has 0 radical (unpaired) electrons. The number of piperazine rings is 1. The molecule has 19 heavy (non-hydrogen) atoms. The second-order valence-corrected chi connectivity index (χ2v) is 4.78. The number of carbonyl (C=O) groups excluding carboxylic acids is 3. The van der Waals surface area contributed by atoms with E-state index in [1.165, 1.54) is 19.2 Å². The van der Waals surface area contributed by atoms with Gasteiger partial charge in [-0.25, -0.2) is 4.98 Å². The molecule has 0 aliphatic carbocycles. The van der Waals surface area contributed by atoms with Gasteiger partial charge in [0.1, 0.15) is 17.7 Å². The lowest BCUT2D eigenvalue weighted by Crippen LogP contribution is -2.58. The number of aromatic nitrogens is 1. The van der Waals surface area contributed by atoms with E-state index in [0.29, 0.717) is 0 Å². The third-order valence-corrected chi connectivity index (χ3v) is 3.41. The molecule has 1 N–H and O–H groups in total. The Kier molecular flexibility index (Phi) is 3.73. The number of nitrogens with one attached hydrogen (secondary N) is 1. The summed E-state index contributed by atoms with van der Waals surface area (Å²) in [7, 11) is 0. The first-order valence-electron chi connectivity index (χ1n) is 5.36.